The lowest BCUT2D eigenvalue weighted by molar-refractivity contribution is 0.340. The van der Waals surface area contributed by atoms with Crippen molar-refractivity contribution in [2.24, 2.45) is 5.10 Å². The van der Waals surface area contributed by atoms with E-state index in [0.29, 0.717) is 6.54 Å². The molecule has 45 heavy (non-hydrogen) atoms. The van der Waals surface area contributed by atoms with Gasteiger partial charge in [-0.05, 0) is 23.3 Å². The zero-order chi connectivity index (χ0) is 30.4. The second-order valence-corrected chi connectivity index (χ2v) is 13.0. The Hall–Kier alpha value is -5.59. The summed E-state index contributed by atoms with van der Waals surface area (Å²) in [5.41, 5.74) is 10.6. The van der Waals surface area contributed by atoms with Gasteiger partial charge in [-0.25, -0.2) is 5.12 Å². The first-order valence-electron chi connectivity index (χ1n) is 15.2. The van der Waals surface area contributed by atoms with Crippen LogP contribution in [0.25, 0.3) is 33.1 Å². The first-order chi connectivity index (χ1) is 22.2. The number of nitrogens with zero attached hydrogens (tertiary/aromatic N) is 2. The number of furan rings is 1. The number of rotatable bonds is 9. The minimum atomic E-state index is -0.627. The molecule has 0 radical (unpaired) electrons. The van der Waals surface area contributed by atoms with Gasteiger partial charge in [0.15, 0.2) is 11.4 Å². The van der Waals surface area contributed by atoms with Crippen molar-refractivity contribution in [1.29, 1.82) is 0 Å². The summed E-state index contributed by atoms with van der Waals surface area (Å²) >= 11 is 0. The third-order valence-corrected chi connectivity index (χ3v) is 9.68. The molecular weight excluding hydrogens is 569 g/mol. The number of para-hydroxylation sites is 1. The highest BCUT2D eigenvalue weighted by molar-refractivity contribution is 6.67. The Morgan fingerprint density at radius 3 is 2.16 bits per heavy atom. The van der Waals surface area contributed by atoms with Crippen molar-refractivity contribution in [3.8, 4) is 11.1 Å². The van der Waals surface area contributed by atoms with Gasteiger partial charge in [0.1, 0.15) is 11.3 Å². The normalized spacial score (nSPS) is 11.8. The number of hydrogen-bond donors (Lipinski definition) is 2. The zero-order valence-electron chi connectivity index (χ0n) is 25.2. The van der Waals surface area contributed by atoms with Gasteiger partial charge in [0, 0.05) is 28.9 Å². The summed E-state index contributed by atoms with van der Waals surface area (Å²) < 4.78 is 6.59. The van der Waals surface area contributed by atoms with Crippen LogP contribution in [0.5, 0.6) is 0 Å². The van der Waals surface area contributed by atoms with Crippen LogP contribution in [-0.2, 0) is 6.54 Å². The van der Waals surface area contributed by atoms with E-state index in [1.807, 2.05) is 48.6 Å². The van der Waals surface area contributed by atoms with Crippen molar-refractivity contribution >= 4 is 53.4 Å². The van der Waals surface area contributed by atoms with Gasteiger partial charge in [0.2, 0.25) is 0 Å². The lowest BCUT2D eigenvalue weighted by Gasteiger charge is -2.25. The molecule has 0 amide bonds. The van der Waals surface area contributed by atoms with Crippen LogP contribution >= 0.6 is 0 Å². The van der Waals surface area contributed by atoms with E-state index >= 15 is 0 Å². The van der Waals surface area contributed by atoms with Crippen molar-refractivity contribution in [3.63, 3.8) is 0 Å². The maximum absolute atomic E-state index is 6.59. The standard InChI is InChI=1S/C39H34N4OSi/c1-40-39(29-16-7-3-8-17-29)42-43(27-28-14-5-2-6-15-28)41-37-33(24-25-35-34-22-11-12-23-36(34)44-38(35)37)30-18-13-21-32(26-30)45-31-19-9-4-10-20-31/h2-26,41H,27,45H2,1H3,(H,40,42). The number of benzene rings is 6. The number of hydrazine groups is 1. The van der Waals surface area contributed by atoms with Crippen LogP contribution in [0.3, 0.4) is 0 Å². The number of fused-ring (bicyclic) bond motifs is 3. The Bertz CT molecular complexity index is 2080. The molecule has 6 aromatic carbocycles. The van der Waals surface area contributed by atoms with Crippen LogP contribution in [0.2, 0.25) is 0 Å². The van der Waals surface area contributed by atoms with Gasteiger partial charge in [-0.3, -0.25) is 5.43 Å². The van der Waals surface area contributed by atoms with Gasteiger partial charge in [-0.15, -0.1) is 5.10 Å². The molecule has 0 bridgehead atoms. The van der Waals surface area contributed by atoms with Crippen LogP contribution < -0.4 is 21.1 Å². The SMILES string of the molecule is CN/C(=N\N(Cc1ccccc1)Nc1c(-c2cccc([SiH2]c3ccccc3)c2)ccc2c1oc1ccccc12)c1ccccc1. The number of amidine groups is 1. The minimum absolute atomic E-state index is 0.538. The lowest BCUT2D eigenvalue weighted by Crippen LogP contribution is -2.30. The molecule has 0 aliphatic carbocycles. The average Bonchev–Trinajstić information content (AvgIpc) is 3.48. The average molecular weight is 603 g/mol. The predicted octanol–water partition coefficient (Wildman–Crippen LogP) is 6.78. The molecular formula is C39H34N4OSi. The highest BCUT2D eigenvalue weighted by Crippen LogP contribution is 2.40. The lowest BCUT2D eigenvalue weighted by atomic mass is 10.0. The fourth-order valence-electron chi connectivity index (χ4n) is 5.77. The molecule has 0 spiro atoms. The van der Waals surface area contributed by atoms with E-state index in [-0.39, 0.29) is 0 Å². The number of hydrogen-bond acceptors (Lipinski definition) is 4. The predicted molar refractivity (Wildman–Crippen MR) is 191 cm³/mol. The monoisotopic (exact) mass is 602 g/mol. The number of nitrogens with one attached hydrogen (secondary N) is 2. The number of hydrazone groups is 1. The highest BCUT2D eigenvalue weighted by atomic mass is 28.2. The summed E-state index contributed by atoms with van der Waals surface area (Å²) in [4.78, 5) is 0. The van der Waals surface area contributed by atoms with Crippen LogP contribution in [-0.4, -0.2) is 27.5 Å². The Kier molecular flexibility index (Phi) is 8.12. The minimum Gasteiger partial charge on any atom is -0.454 e. The van der Waals surface area contributed by atoms with Gasteiger partial charge in [-0.1, -0.05) is 150 Å². The van der Waals surface area contributed by atoms with Gasteiger partial charge < -0.3 is 9.73 Å². The molecule has 7 rings (SSSR count). The van der Waals surface area contributed by atoms with E-state index in [1.54, 1.807) is 0 Å². The van der Waals surface area contributed by atoms with E-state index in [2.05, 4.69) is 126 Å². The van der Waals surface area contributed by atoms with Crippen LogP contribution in [0.1, 0.15) is 11.1 Å². The van der Waals surface area contributed by atoms with Crippen LogP contribution in [0, 0.1) is 0 Å². The fraction of sp³-hybridized carbons (Fsp3) is 0.0513. The topological polar surface area (TPSA) is 52.8 Å². The molecule has 0 fully saturated rings. The molecule has 0 atom stereocenters. The first-order valence-corrected chi connectivity index (χ1v) is 16.6. The summed E-state index contributed by atoms with van der Waals surface area (Å²) in [5, 5.41) is 15.3. The van der Waals surface area contributed by atoms with E-state index in [9.17, 15) is 0 Å². The quantitative estimate of drug-likeness (QED) is 0.0828. The Labute approximate surface area is 265 Å². The molecule has 6 heteroatoms. The maximum Gasteiger partial charge on any atom is 0.160 e. The van der Waals surface area contributed by atoms with Crippen LogP contribution in [0.15, 0.2) is 161 Å². The van der Waals surface area contributed by atoms with E-state index in [4.69, 9.17) is 9.52 Å². The Morgan fingerprint density at radius 2 is 1.38 bits per heavy atom. The molecule has 0 aliphatic heterocycles. The molecule has 7 aromatic rings. The van der Waals surface area contributed by atoms with Crippen molar-refractivity contribution in [2.45, 2.75) is 6.54 Å². The van der Waals surface area contributed by atoms with E-state index in [1.165, 1.54) is 10.4 Å². The highest BCUT2D eigenvalue weighted by Gasteiger charge is 2.19. The van der Waals surface area contributed by atoms with E-state index < -0.39 is 9.52 Å². The van der Waals surface area contributed by atoms with Crippen LogP contribution in [0.4, 0.5) is 5.69 Å². The van der Waals surface area contributed by atoms with Crippen molar-refractivity contribution in [2.75, 3.05) is 12.5 Å². The Morgan fingerprint density at radius 1 is 0.689 bits per heavy atom. The van der Waals surface area contributed by atoms with Gasteiger partial charge in [-0.2, -0.15) is 0 Å². The first kappa shape index (κ1) is 28.2. The molecule has 2 N–H and O–H groups in total. The summed E-state index contributed by atoms with van der Waals surface area (Å²) in [6.45, 7) is 0.538. The van der Waals surface area contributed by atoms with Gasteiger partial charge >= 0.3 is 0 Å². The smallest absolute Gasteiger partial charge is 0.160 e. The molecule has 5 nitrogen and oxygen atoms in total. The van der Waals surface area contributed by atoms with E-state index in [0.717, 1.165) is 55.7 Å². The summed E-state index contributed by atoms with van der Waals surface area (Å²) in [5.74, 6) is 0.758. The molecule has 0 saturated carbocycles. The van der Waals surface area contributed by atoms with Gasteiger partial charge in [0.05, 0.1) is 16.1 Å². The maximum atomic E-state index is 6.59. The second kappa shape index (κ2) is 13.0. The molecule has 0 saturated heterocycles. The largest absolute Gasteiger partial charge is 0.454 e. The third-order valence-electron chi connectivity index (χ3n) is 7.96. The van der Waals surface area contributed by atoms with Crippen molar-refractivity contribution < 1.29 is 4.42 Å². The summed E-state index contributed by atoms with van der Waals surface area (Å²) in [6, 6.07) is 52.9. The summed E-state index contributed by atoms with van der Waals surface area (Å²) in [7, 11) is 1.28. The third kappa shape index (κ3) is 6.23. The second-order valence-electron chi connectivity index (χ2n) is 11.0. The molecule has 0 aliphatic rings. The molecule has 220 valence electrons. The van der Waals surface area contributed by atoms with Gasteiger partial charge in [0.25, 0.3) is 0 Å². The van der Waals surface area contributed by atoms with Crippen molar-refractivity contribution in [3.05, 3.63) is 163 Å². The summed E-state index contributed by atoms with van der Waals surface area (Å²) in [6.07, 6.45) is 0. The molecule has 1 heterocycles. The molecule has 0 unspecified atom stereocenters. The molecule has 1 aromatic heterocycles. The number of anilines is 1. The van der Waals surface area contributed by atoms with Crippen molar-refractivity contribution in [1.82, 2.24) is 10.4 Å². The Balaban J connectivity index is 1.37. The fourth-order valence-corrected chi connectivity index (χ4v) is 7.33. The zero-order valence-corrected chi connectivity index (χ0v) is 26.6.